The van der Waals surface area contributed by atoms with Crippen LogP contribution in [0.3, 0.4) is 0 Å². The highest BCUT2D eigenvalue weighted by molar-refractivity contribution is 9.11. The van der Waals surface area contributed by atoms with Crippen molar-refractivity contribution >= 4 is 54.8 Å². The van der Waals surface area contributed by atoms with Gasteiger partial charge in [-0.25, -0.2) is 0 Å². The fourth-order valence-corrected chi connectivity index (χ4v) is 3.17. The molecule has 2 rings (SSSR count). The molecule has 0 bridgehead atoms. The molecule has 1 atom stereocenters. The quantitative estimate of drug-likeness (QED) is 0.836. The van der Waals surface area contributed by atoms with Crippen LogP contribution >= 0.6 is 54.8 Å². The van der Waals surface area contributed by atoms with Gasteiger partial charge in [-0.1, -0.05) is 11.6 Å². The Hall–Kier alpha value is 0.190. The van der Waals surface area contributed by atoms with Crippen molar-refractivity contribution in [2.75, 3.05) is 0 Å². The predicted molar refractivity (Wildman–Crippen MR) is 67.5 cm³/mol. The second-order valence-electron chi connectivity index (χ2n) is 2.81. The van der Waals surface area contributed by atoms with Gasteiger partial charge in [-0.15, -0.1) is 11.3 Å². The lowest BCUT2D eigenvalue weighted by atomic mass is 10.2. The van der Waals surface area contributed by atoms with Crippen LogP contribution in [0.15, 0.2) is 31.1 Å². The van der Waals surface area contributed by atoms with E-state index < -0.39 is 6.10 Å². The zero-order chi connectivity index (χ0) is 11.0. The lowest BCUT2D eigenvalue weighted by molar-refractivity contribution is 0.191. The fourth-order valence-electron chi connectivity index (χ4n) is 1.11. The number of thiophene rings is 1. The van der Waals surface area contributed by atoms with E-state index in [-0.39, 0.29) is 0 Å². The molecule has 1 N–H and O–H groups in total. The summed E-state index contributed by atoms with van der Waals surface area (Å²) in [5, 5.41) is 10.6. The summed E-state index contributed by atoms with van der Waals surface area (Å²) in [7, 11) is 0. The molecule has 2 heterocycles. The van der Waals surface area contributed by atoms with Gasteiger partial charge in [0, 0.05) is 4.88 Å². The summed E-state index contributed by atoms with van der Waals surface area (Å²) in [6.07, 6.45) is -0.773. The molecule has 0 aliphatic rings. The smallest absolute Gasteiger partial charge is 0.169 e. The highest BCUT2D eigenvalue weighted by Gasteiger charge is 2.18. The molecule has 0 spiro atoms. The Kier molecular flexibility index (Phi) is 3.57. The molecule has 0 saturated heterocycles. The number of hydrogen-bond donors (Lipinski definition) is 1. The van der Waals surface area contributed by atoms with Crippen molar-refractivity contribution in [2.24, 2.45) is 0 Å². The molecule has 0 aliphatic heterocycles. The molecule has 0 saturated carbocycles. The lowest BCUT2D eigenvalue weighted by Crippen LogP contribution is -1.93. The van der Waals surface area contributed by atoms with E-state index in [1.165, 1.54) is 11.3 Å². The molecular weight excluding hydrogens is 367 g/mol. The Balaban J connectivity index is 2.31. The van der Waals surface area contributed by atoms with E-state index in [4.69, 9.17) is 16.0 Å². The van der Waals surface area contributed by atoms with Crippen LogP contribution in [-0.4, -0.2) is 5.11 Å². The van der Waals surface area contributed by atoms with Gasteiger partial charge in [0.25, 0.3) is 0 Å². The molecule has 2 nitrogen and oxygen atoms in total. The normalized spacial score (nSPS) is 13.1. The summed E-state index contributed by atoms with van der Waals surface area (Å²) in [5.41, 5.74) is 0. The molecular formula is C9H5Br2ClO2S. The molecule has 0 fully saturated rings. The van der Waals surface area contributed by atoms with Crippen LogP contribution in [0.25, 0.3) is 0 Å². The summed E-state index contributed by atoms with van der Waals surface area (Å²) in [5.74, 6) is 0.493. The number of hydrogen-bond acceptors (Lipinski definition) is 3. The third-order valence-corrected chi connectivity index (χ3v) is 4.75. The standard InChI is InChI=1S/C9H5Br2ClO2S/c10-7-2-1-5(14-7)8(13)6-3-4(12)9(11)15-6/h1-3,8,13H. The van der Waals surface area contributed by atoms with Crippen molar-refractivity contribution in [3.05, 3.63) is 42.3 Å². The number of aliphatic hydroxyl groups excluding tert-OH is 1. The summed E-state index contributed by atoms with van der Waals surface area (Å²) in [4.78, 5) is 0.744. The summed E-state index contributed by atoms with van der Waals surface area (Å²) in [6.45, 7) is 0. The first-order chi connectivity index (χ1) is 7.08. The highest BCUT2D eigenvalue weighted by Crippen LogP contribution is 2.37. The first kappa shape index (κ1) is 11.7. The SMILES string of the molecule is OC(c1ccc(Br)o1)c1cc(Cl)c(Br)s1. The summed E-state index contributed by atoms with van der Waals surface area (Å²) in [6, 6.07) is 5.18. The maximum atomic E-state index is 9.96. The van der Waals surface area contributed by atoms with Crippen molar-refractivity contribution in [2.45, 2.75) is 6.10 Å². The van der Waals surface area contributed by atoms with Crippen molar-refractivity contribution < 1.29 is 9.52 Å². The Bertz CT molecular complexity index is 461. The predicted octanol–water partition coefficient (Wildman–Crippen LogP) is 4.60. The minimum absolute atomic E-state index is 0.493. The van der Waals surface area contributed by atoms with Gasteiger partial charge in [-0.05, 0) is 50.1 Å². The first-order valence-electron chi connectivity index (χ1n) is 3.96. The minimum atomic E-state index is -0.773. The number of furan rings is 1. The largest absolute Gasteiger partial charge is 0.451 e. The second-order valence-corrected chi connectivity index (χ2v) is 6.41. The Morgan fingerprint density at radius 1 is 1.40 bits per heavy atom. The molecule has 6 heteroatoms. The van der Waals surface area contributed by atoms with Crippen LogP contribution < -0.4 is 0 Å². The van der Waals surface area contributed by atoms with Crippen LogP contribution in [0.2, 0.25) is 5.02 Å². The maximum Gasteiger partial charge on any atom is 0.169 e. The fraction of sp³-hybridized carbons (Fsp3) is 0.111. The zero-order valence-corrected chi connectivity index (χ0v) is 12.0. The van der Waals surface area contributed by atoms with Gasteiger partial charge in [0.05, 0.1) is 8.81 Å². The Morgan fingerprint density at radius 2 is 2.13 bits per heavy atom. The Morgan fingerprint density at radius 3 is 2.60 bits per heavy atom. The van der Waals surface area contributed by atoms with E-state index in [9.17, 15) is 5.11 Å². The van der Waals surface area contributed by atoms with E-state index in [0.717, 1.165) is 8.66 Å². The molecule has 1 unspecified atom stereocenters. The van der Waals surface area contributed by atoms with Crippen LogP contribution in [0.4, 0.5) is 0 Å². The summed E-state index contributed by atoms with van der Waals surface area (Å²) >= 11 is 13.7. The Labute approximate surface area is 112 Å². The van der Waals surface area contributed by atoms with Gasteiger partial charge < -0.3 is 9.52 Å². The average molecular weight is 372 g/mol. The maximum absolute atomic E-state index is 9.96. The van der Waals surface area contributed by atoms with Crippen LogP contribution in [0.5, 0.6) is 0 Å². The third-order valence-electron chi connectivity index (χ3n) is 1.80. The topological polar surface area (TPSA) is 33.4 Å². The monoisotopic (exact) mass is 370 g/mol. The molecule has 0 aromatic carbocycles. The molecule has 0 aliphatic carbocycles. The first-order valence-corrected chi connectivity index (χ1v) is 6.74. The number of rotatable bonds is 2. The van der Waals surface area contributed by atoms with Crippen LogP contribution in [0, 0.1) is 0 Å². The molecule has 0 radical (unpaired) electrons. The third kappa shape index (κ3) is 2.47. The van der Waals surface area contributed by atoms with Gasteiger partial charge in [-0.3, -0.25) is 0 Å². The van der Waals surface area contributed by atoms with Gasteiger partial charge >= 0.3 is 0 Å². The average Bonchev–Trinajstić information content (AvgIpc) is 2.74. The van der Waals surface area contributed by atoms with Gasteiger partial charge in [0.2, 0.25) is 0 Å². The van der Waals surface area contributed by atoms with Crippen molar-refractivity contribution in [1.82, 2.24) is 0 Å². The lowest BCUT2D eigenvalue weighted by Gasteiger charge is -2.03. The van der Waals surface area contributed by atoms with Gasteiger partial charge in [0.15, 0.2) is 4.67 Å². The van der Waals surface area contributed by atoms with E-state index in [0.29, 0.717) is 15.5 Å². The number of halogens is 3. The van der Waals surface area contributed by atoms with E-state index in [1.54, 1.807) is 18.2 Å². The number of aliphatic hydroxyl groups is 1. The van der Waals surface area contributed by atoms with Gasteiger partial charge in [0.1, 0.15) is 11.9 Å². The van der Waals surface area contributed by atoms with Crippen LogP contribution in [0.1, 0.15) is 16.7 Å². The molecule has 2 aromatic rings. The second kappa shape index (κ2) is 4.59. The van der Waals surface area contributed by atoms with E-state index in [1.807, 2.05) is 0 Å². The summed E-state index contributed by atoms with van der Waals surface area (Å²) < 4.78 is 6.67. The van der Waals surface area contributed by atoms with Gasteiger partial charge in [-0.2, -0.15) is 0 Å². The van der Waals surface area contributed by atoms with Crippen molar-refractivity contribution in [3.8, 4) is 0 Å². The van der Waals surface area contributed by atoms with E-state index >= 15 is 0 Å². The molecule has 80 valence electrons. The van der Waals surface area contributed by atoms with Crippen molar-refractivity contribution in [3.63, 3.8) is 0 Å². The van der Waals surface area contributed by atoms with Crippen molar-refractivity contribution in [1.29, 1.82) is 0 Å². The highest BCUT2D eigenvalue weighted by atomic mass is 79.9. The molecule has 15 heavy (non-hydrogen) atoms. The zero-order valence-electron chi connectivity index (χ0n) is 7.21. The van der Waals surface area contributed by atoms with E-state index in [2.05, 4.69) is 31.9 Å². The molecule has 2 aromatic heterocycles. The van der Waals surface area contributed by atoms with Crippen LogP contribution in [-0.2, 0) is 0 Å². The molecule has 0 amide bonds. The minimum Gasteiger partial charge on any atom is -0.451 e.